The number of amides is 1. The Morgan fingerprint density at radius 1 is 1.47 bits per heavy atom. The van der Waals surface area contributed by atoms with Gasteiger partial charge < -0.3 is 10.0 Å². The van der Waals surface area contributed by atoms with Gasteiger partial charge in [-0.25, -0.2) is 0 Å². The van der Waals surface area contributed by atoms with E-state index in [0.29, 0.717) is 15.7 Å². The third-order valence-corrected chi connectivity index (χ3v) is 3.48. The molecule has 0 spiro atoms. The summed E-state index contributed by atoms with van der Waals surface area (Å²) < 4.78 is 0.659. The van der Waals surface area contributed by atoms with Gasteiger partial charge in [-0.2, -0.15) is 0 Å². The van der Waals surface area contributed by atoms with Crippen LogP contribution in [0, 0.1) is 13.7 Å². The Kier molecular flexibility index (Phi) is 6.16. The number of hydrogen-bond donors (Lipinski definition) is 1. The zero-order valence-corrected chi connectivity index (χ0v) is 12.7. The number of aliphatic hydroxyl groups excluding tert-OH is 1. The van der Waals surface area contributed by atoms with Crippen LogP contribution in [0.2, 0.25) is 0 Å². The quantitative estimate of drug-likeness (QED) is 0.467. The molecule has 0 saturated heterocycles. The highest BCUT2D eigenvalue weighted by molar-refractivity contribution is 14.1. The summed E-state index contributed by atoms with van der Waals surface area (Å²) in [4.78, 5) is 24.0. The van der Waals surface area contributed by atoms with Crippen molar-refractivity contribution in [1.29, 1.82) is 0 Å². The van der Waals surface area contributed by atoms with E-state index in [1.54, 1.807) is 6.07 Å². The molecule has 0 saturated carbocycles. The van der Waals surface area contributed by atoms with Crippen molar-refractivity contribution in [2.75, 3.05) is 19.7 Å². The van der Waals surface area contributed by atoms with Gasteiger partial charge >= 0.3 is 0 Å². The van der Waals surface area contributed by atoms with Gasteiger partial charge in [-0.1, -0.05) is 6.92 Å². The van der Waals surface area contributed by atoms with Crippen LogP contribution in [0.4, 0.5) is 5.69 Å². The summed E-state index contributed by atoms with van der Waals surface area (Å²) in [6.45, 7) is 2.54. The van der Waals surface area contributed by atoms with Gasteiger partial charge in [0.25, 0.3) is 11.6 Å². The van der Waals surface area contributed by atoms with E-state index in [4.69, 9.17) is 5.11 Å². The number of nitrogens with zero attached hydrogens (tertiary/aromatic N) is 2. The van der Waals surface area contributed by atoms with E-state index in [1.807, 2.05) is 29.5 Å². The van der Waals surface area contributed by atoms with Crippen LogP contribution in [0.25, 0.3) is 0 Å². The monoisotopic (exact) mass is 378 g/mol. The fourth-order valence-corrected chi connectivity index (χ4v) is 2.23. The minimum absolute atomic E-state index is 0.107. The maximum atomic E-state index is 12.3. The Hall–Kier alpha value is -1.22. The number of halogens is 1. The van der Waals surface area contributed by atoms with Gasteiger partial charge in [-0.15, -0.1) is 0 Å². The summed E-state index contributed by atoms with van der Waals surface area (Å²) in [6, 6.07) is 4.20. The maximum absolute atomic E-state index is 12.3. The number of non-ortho nitro benzene ring substituents is 1. The number of hydrogen-bond acceptors (Lipinski definition) is 4. The lowest BCUT2D eigenvalue weighted by Crippen LogP contribution is -2.34. The summed E-state index contributed by atoms with van der Waals surface area (Å²) in [5.41, 5.74) is 0.195. The minimum Gasteiger partial charge on any atom is -0.395 e. The molecule has 0 atom stereocenters. The summed E-state index contributed by atoms with van der Waals surface area (Å²) in [7, 11) is 0. The number of carbonyl (C=O) groups is 1. The topological polar surface area (TPSA) is 83.7 Å². The second kappa shape index (κ2) is 7.39. The van der Waals surface area contributed by atoms with E-state index in [9.17, 15) is 14.9 Å². The normalized spacial score (nSPS) is 10.3. The van der Waals surface area contributed by atoms with Gasteiger partial charge in [0.2, 0.25) is 0 Å². The molecular formula is C12H15IN2O4. The summed E-state index contributed by atoms with van der Waals surface area (Å²) in [6.07, 6.45) is 0.761. The smallest absolute Gasteiger partial charge is 0.270 e. The number of benzene rings is 1. The standard InChI is InChI=1S/C12H15IN2O4/c1-2-5-14(6-7-16)12(17)10-8-9(15(18)19)3-4-11(10)13/h3-4,8,16H,2,5-7H2,1H3. The zero-order valence-electron chi connectivity index (χ0n) is 10.5. The van der Waals surface area contributed by atoms with Crippen LogP contribution in [-0.2, 0) is 0 Å². The van der Waals surface area contributed by atoms with Gasteiger partial charge in [0.15, 0.2) is 0 Å². The molecule has 1 aromatic rings. The summed E-state index contributed by atoms with van der Waals surface area (Å²) in [5, 5.41) is 19.7. The molecule has 0 bridgehead atoms. The second-order valence-electron chi connectivity index (χ2n) is 3.94. The highest BCUT2D eigenvalue weighted by Gasteiger charge is 2.20. The fraction of sp³-hybridized carbons (Fsp3) is 0.417. The molecule has 0 unspecified atom stereocenters. The van der Waals surface area contributed by atoms with Crippen LogP contribution in [0.3, 0.4) is 0 Å². The lowest BCUT2D eigenvalue weighted by atomic mass is 10.1. The lowest BCUT2D eigenvalue weighted by Gasteiger charge is -2.21. The highest BCUT2D eigenvalue weighted by Crippen LogP contribution is 2.21. The lowest BCUT2D eigenvalue weighted by molar-refractivity contribution is -0.384. The van der Waals surface area contributed by atoms with Crippen molar-refractivity contribution < 1.29 is 14.8 Å². The number of rotatable bonds is 6. The predicted molar refractivity (Wildman–Crippen MR) is 79.1 cm³/mol. The first-order valence-corrected chi connectivity index (χ1v) is 6.93. The summed E-state index contributed by atoms with van der Waals surface area (Å²) >= 11 is 1.97. The third-order valence-electron chi connectivity index (χ3n) is 2.54. The molecule has 1 amide bonds. The molecule has 0 aliphatic heterocycles. The molecule has 0 radical (unpaired) electrons. The second-order valence-corrected chi connectivity index (χ2v) is 5.10. The molecule has 19 heavy (non-hydrogen) atoms. The Bertz CT molecular complexity index is 473. The van der Waals surface area contributed by atoms with Crippen molar-refractivity contribution in [3.8, 4) is 0 Å². The van der Waals surface area contributed by atoms with E-state index in [2.05, 4.69) is 0 Å². The predicted octanol–water partition coefficient (Wildman–Crippen LogP) is 2.04. The number of aliphatic hydroxyl groups is 1. The van der Waals surface area contributed by atoms with Crippen LogP contribution in [0.1, 0.15) is 23.7 Å². The summed E-state index contributed by atoms with van der Waals surface area (Å²) in [5.74, 6) is -0.288. The van der Waals surface area contributed by atoms with Crippen molar-refractivity contribution in [2.45, 2.75) is 13.3 Å². The van der Waals surface area contributed by atoms with Crippen molar-refractivity contribution in [1.82, 2.24) is 4.90 Å². The SMILES string of the molecule is CCCN(CCO)C(=O)c1cc([N+](=O)[O-])ccc1I. The number of nitro benzene ring substituents is 1. The van der Waals surface area contributed by atoms with Crippen LogP contribution >= 0.6 is 22.6 Å². The molecule has 6 nitrogen and oxygen atoms in total. The van der Waals surface area contributed by atoms with Gasteiger partial charge in [0.05, 0.1) is 17.1 Å². The van der Waals surface area contributed by atoms with E-state index in [0.717, 1.165) is 6.42 Å². The Morgan fingerprint density at radius 3 is 2.68 bits per heavy atom. The molecule has 0 aromatic heterocycles. The van der Waals surface area contributed by atoms with Gasteiger partial charge in [-0.05, 0) is 35.1 Å². The first-order chi connectivity index (χ1) is 9.01. The molecule has 0 fully saturated rings. The number of nitro groups is 1. The number of carbonyl (C=O) groups excluding carboxylic acids is 1. The molecular weight excluding hydrogens is 363 g/mol. The molecule has 0 aliphatic rings. The van der Waals surface area contributed by atoms with Crippen LogP contribution < -0.4 is 0 Å². The van der Waals surface area contributed by atoms with Gasteiger partial charge in [-0.3, -0.25) is 14.9 Å². The van der Waals surface area contributed by atoms with Crippen LogP contribution in [-0.4, -0.2) is 40.5 Å². The molecule has 104 valence electrons. The maximum Gasteiger partial charge on any atom is 0.270 e. The van der Waals surface area contributed by atoms with Crippen molar-refractivity contribution >= 4 is 34.2 Å². The molecule has 0 aliphatic carbocycles. The Labute approximate surface area is 124 Å². The molecule has 1 N–H and O–H groups in total. The molecule has 0 heterocycles. The van der Waals surface area contributed by atoms with Crippen LogP contribution in [0.5, 0.6) is 0 Å². The van der Waals surface area contributed by atoms with Crippen molar-refractivity contribution in [2.24, 2.45) is 0 Å². The Balaban J connectivity index is 3.08. The van der Waals surface area contributed by atoms with Crippen molar-refractivity contribution in [3.63, 3.8) is 0 Å². The average molecular weight is 378 g/mol. The molecule has 7 heteroatoms. The first kappa shape index (κ1) is 15.8. The van der Waals surface area contributed by atoms with E-state index in [-0.39, 0.29) is 24.7 Å². The third kappa shape index (κ3) is 4.13. The van der Waals surface area contributed by atoms with Crippen LogP contribution in [0.15, 0.2) is 18.2 Å². The van der Waals surface area contributed by atoms with Gasteiger partial charge in [0, 0.05) is 28.8 Å². The van der Waals surface area contributed by atoms with Crippen molar-refractivity contribution in [3.05, 3.63) is 37.4 Å². The zero-order chi connectivity index (χ0) is 14.4. The van der Waals surface area contributed by atoms with Gasteiger partial charge in [0.1, 0.15) is 0 Å². The minimum atomic E-state index is -0.525. The first-order valence-electron chi connectivity index (χ1n) is 5.85. The molecule has 1 aromatic carbocycles. The fourth-order valence-electron chi connectivity index (χ4n) is 1.67. The molecule has 1 rings (SSSR count). The average Bonchev–Trinajstić information content (AvgIpc) is 2.38. The highest BCUT2D eigenvalue weighted by atomic mass is 127. The Morgan fingerprint density at radius 2 is 2.16 bits per heavy atom. The largest absolute Gasteiger partial charge is 0.395 e. The van der Waals surface area contributed by atoms with E-state index in [1.165, 1.54) is 17.0 Å². The van der Waals surface area contributed by atoms with E-state index < -0.39 is 4.92 Å². The van der Waals surface area contributed by atoms with E-state index >= 15 is 0 Å².